The van der Waals surface area contributed by atoms with E-state index in [1.165, 1.54) is 6.20 Å². The predicted molar refractivity (Wildman–Crippen MR) is 45.1 cm³/mol. The van der Waals surface area contributed by atoms with Crippen molar-refractivity contribution in [3.05, 3.63) is 34.6 Å². The molecule has 0 atom stereocenters. The van der Waals surface area contributed by atoms with Crippen LogP contribution in [0.25, 0.3) is 11.5 Å². The van der Waals surface area contributed by atoms with Gasteiger partial charge in [-0.25, -0.2) is 10.1 Å². The first-order valence-corrected chi connectivity index (χ1v) is 3.74. The number of oxazole rings is 1. The SMILES string of the molecule is Cc1cnc(-c2ccn[nH]c2=O)o1. The van der Waals surface area contributed by atoms with Crippen LogP contribution in [0.4, 0.5) is 0 Å². The summed E-state index contributed by atoms with van der Waals surface area (Å²) in [5.74, 6) is 0.993. The van der Waals surface area contributed by atoms with Gasteiger partial charge in [0.25, 0.3) is 5.56 Å². The average Bonchev–Trinajstić information content (AvgIpc) is 2.53. The minimum Gasteiger partial charge on any atom is -0.441 e. The molecule has 0 unspecified atom stereocenters. The van der Waals surface area contributed by atoms with E-state index in [0.717, 1.165) is 0 Å². The smallest absolute Gasteiger partial charge is 0.276 e. The Balaban J connectivity index is 2.59. The third kappa shape index (κ3) is 1.35. The summed E-state index contributed by atoms with van der Waals surface area (Å²) in [5.41, 5.74) is 0.0902. The zero-order valence-electron chi connectivity index (χ0n) is 6.94. The zero-order chi connectivity index (χ0) is 9.26. The number of H-pyrrole nitrogens is 1. The van der Waals surface area contributed by atoms with E-state index >= 15 is 0 Å². The normalized spacial score (nSPS) is 10.2. The molecule has 0 saturated carbocycles. The lowest BCUT2D eigenvalue weighted by Gasteiger charge is -1.90. The van der Waals surface area contributed by atoms with Crippen LogP contribution < -0.4 is 5.56 Å². The Morgan fingerprint density at radius 3 is 3.00 bits per heavy atom. The minimum absolute atomic E-state index is 0.302. The van der Waals surface area contributed by atoms with Crippen LogP contribution in [0.5, 0.6) is 0 Å². The van der Waals surface area contributed by atoms with Crippen LogP contribution >= 0.6 is 0 Å². The van der Waals surface area contributed by atoms with Crippen LogP contribution in [-0.2, 0) is 0 Å². The molecule has 2 heterocycles. The van der Waals surface area contributed by atoms with Crippen molar-refractivity contribution < 1.29 is 4.42 Å². The monoisotopic (exact) mass is 177 g/mol. The van der Waals surface area contributed by atoms with E-state index in [-0.39, 0.29) is 5.56 Å². The minimum atomic E-state index is -0.302. The first-order chi connectivity index (χ1) is 6.27. The Kier molecular flexibility index (Phi) is 1.70. The lowest BCUT2D eigenvalue weighted by atomic mass is 10.3. The highest BCUT2D eigenvalue weighted by Gasteiger charge is 2.07. The van der Waals surface area contributed by atoms with Gasteiger partial charge in [0.1, 0.15) is 11.3 Å². The van der Waals surface area contributed by atoms with E-state index in [1.807, 2.05) is 0 Å². The molecule has 0 radical (unpaired) electrons. The molecule has 2 aromatic heterocycles. The van der Waals surface area contributed by atoms with Crippen LogP contribution in [0.1, 0.15) is 5.76 Å². The fourth-order valence-electron chi connectivity index (χ4n) is 0.991. The maximum Gasteiger partial charge on any atom is 0.276 e. The highest BCUT2D eigenvalue weighted by molar-refractivity contribution is 5.49. The Labute approximate surface area is 73.4 Å². The Morgan fingerprint density at radius 1 is 1.54 bits per heavy atom. The second-order valence-corrected chi connectivity index (χ2v) is 2.58. The third-order valence-corrected chi connectivity index (χ3v) is 1.58. The van der Waals surface area contributed by atoms with Gasteiger partial charge in [-0.15, -0.1) is 0 Å². The molecule has 13 heavy (non-hydrogen) atoms. The van der Waals surface area contributed by atoms with Crippen molar-refractivity contribution in [1.29, 1.82) is 0 Å². The Morgan fingerprint density at radius 2 is 2.38 bits per heavy atom. The van der Waals surface area contributed by atoms with Gasteiger partial charge in [-0.05, 0) is 13.0 Å². The molecule has 0 bridgehead atoms. The summed E-state index contributed by atoms with van der Waals surface area (Å²) < 4.78 is 5.19. The van der Waals surface area contributed by atoms with Crippen molar-refractivity contribution in [3.63, 3.8) is 0 Å². The summed E-state index contributed by atoms with van der Waals surface area (Å²) >= 11 is 0. The number of aromatic nitrogens is 3. The van der Waals surface area contributed by atoms with Crippen molar-refractivity contribution in [2.24, 2.45) is 0 Å². The molecule has 0 saturated heterocycles. The Bertz CT molecular complexity index is 472. The van der Waals surface area contributed by atoms with Crippen LogP contribution in [-0.4, -0.2) is 15.2 Å². The molecular weight excluding hydrogens is 170 g/mol. The second-order valence-electron chi connectivity index (χ2n) is 2.58. The lowest BCUT2D eigenvalue weighted by Crippen LogP contribution is -2.09. The molecule has 66 valence electrons. The number of nitrogens with one attached hydrogen (secondary N) is 1. The highest BCUT2D eigenvalue weighted by Crippen LogP contribution is 2.12. The lowest BCUT2D eigenvalue weighted by molar-refractivity contribution is 0.541. The fraction of sp³-hybridized carbons (Fsp3) is 0.125. The maximum absolute atomic E-state index is 11.2. The summed E-state index contributed by atoms with van der Waals surface area (Å²) in [4.78, 5) is 15.1. The van der Waals surface area contributed by atoms with Crippen LogP contribution in [0.15, 0.2) is 27.7 Å². The maximum atomic E-state index is 11.2. The van der Waals surface area contributed by atoms with Crippen molar-refractivity contribution in [2.75, 3.05) is 0 Å². The van der Waals surface area contributed by atoms with Crippen molar-refractivity contribution in [3.8, 4) is 11.5 Å². The number of aryl methyl sites for hydroxylation is 1. The van der Waals surface area contributed by atoms with E-state index in [1.54, 1.807) is 19.2 Å². The van der Waals surface area contributed by atoms with Gasteiger partial charge in [-0.2, -0.15) is 5.10 Å². The second kappa shape index (κ2) is 2.85. The van der Waals surface area contributed by atoms with E-state index < -0.39 is 0 Å². The van der Waals surface area contributed by atoms with Gasteiger partial charge in [0.15, 0.2) is 0 Å². The van der Waals surface area contributed by atoms with Gasteiger partial charge >= 0.3 is 0 Å². The topological polar surface area (TPSA) is 71.8 Å². The summed E-state index contributed by atoms with van der Waals surface area (Å²) in [6, 6.07) is 1.56. The summed E-state index contributed by atoms with van der Waals surface area (Å²) in [5, 5.41) is 5.87. The molecule has 2 aromatic rings. The number of hydrogen-bond donors (Lipinski definition) is 1. The molecule has 0 aromatic carbocycles. The summed E-state index contributed by atoms with van der Waals surface area (Å²) in [6.07, 6.45) is 3.05. The molecule has 2 rings (SSSR count). The standard InChI is InChI=1S/C8H7N3O2/c1-5-4-9-8(13-5)6-2-3-10-11-7(6)12/h2-4H,1H3,(H,11,12). The third-order valence-electron chi connectivity index (χ3n) is 1.58. The first kappa shape index (κ1) is 7.72. The van der Waals surface area contributed by atoms with E-state index in [2.05, 4.69) is 15.2 Å². The molecule has 0 aliphatic carbocycles. The highest BCUT2D eigenvalue weighted by atomic mass is 16.4. The van der Waals surface area contributed by atoms with Crippen molar-refractivity contribution >= 4 is 0 Å². The zero-order valence-corrected chi connectivity index (χ0v) is 6.94. The van der Waals surface area contributed by atoms with Gasteiger partial charge in [0.2, 0.25) is 5.89 Å². The van der Waals surface area contributed by atoms with Gasteiger partial charge in [0, 0.05) is 6.20 Å². The van der Waals surface area contributed by atoms with Gasteiger partial charge in [0.05, 0.1) is 6.20 Å². The van der Waals surface area contributed by atoms with Crippen molar-refractivity contribution in [1.82, 2.24) is 15.2 Å². The van der Waals surface area contributed by atoms with Crippen LogP contribution in [0, 0.1) is 6.92 Å². The predicted octanol–water partition coefficient (Wildman–Crippen LogP) is 0.733. The van der Waals surface area contributed by atoms with Gasteiger partial charge in [-0.1, -0.05) is 0 Å². The summed E-state index contributed by atoms with van der Waals surface area (Å²) in [6.45, 7) is 1.77. The molecule has 0 spiro atoms. The Hall–Kier alpha value is -1.91. The quantitative estimate of drug-likeness (QED) is 0.697. The molecule has 5 heteroatoms. The molecule has 0 amide bonds. The fourth-order valence-corrected chi connectivity index (χ4v) is 0.991. The number of hydrogen-bond acceptors (Lipinski definition) is 4. The molecule has 0 aliphatic rings. The van der Waals surface area contributed by atoms with Crippen LogP contribution in [0.3, 0.4) is 0 Å². The van der Waals surface area contributed by atoms with Crippen molar-refractivity contribution in [2.45, 2.75) is 6.92 Å². The molecule has 0 fully saturated rings. The largest absolute Gasteiger partial charge is 0.441 e. The molecule has 5 nitrogen and oxygen atoms in total. The molecule has 1 N–H and O–H groups in total. The van der Waals surface area contributed by atoms with Gasteiger partial charge in [-0.3, -0.25) is 4.79 Å². The van der Waals surface area contributed by atoms with E-state index in [4.69, 9.17) is 4.42 Å². The number of aromatic amines is 1. The van der Waals surface area contributed by atoms with E-state index in [9.17, 15) is 4.79 Å². The van der Waals surface area contributed by atoms with Crippen LogP contribution in [0.2, 0.25) is 0 Å². The first-order valence-electron chi connectivity index (χ1n) is 3.74. The average molecular weight is 177 g/mol. The van der Waals surface area contributed by atoms with Gasteiger partial charge < -0.3 is 4.42 Å². The number of rotatable bonds is 1. The molecular formula is C8H7N3O2. The summed E-state index contributed by atoms with van der Waals surface area (Å²) in [7, 11) is 0. The number of nitrogens with zero attached hydrogens (tertiary/aromatic N) is 2. The van der Waals surface area contributed by atoms with E-state index in [0.29, 0.717) is 17.2 Å². The molecule has 0 aliphatic heterocycles.